The van der Waals surface area contributed by atoms with Crippen molar-refractivity contribution in [1.29, 1.82) is 0 Å². The fraction of sp³-hybridized carbons (Fsp3) is 0.200. The molecular formula is C15H10O7. The van der Waals surface area contributed by atoms with E-state index >= 15 is 0 Å². The zero-order chi connectivity index (χ0) is 16.1. The van der Waals surface area contributed by atoms with Gasteiger partial charge in [0, 0.05) is 16.7 Å². The number of ketones is 2. The molecule has 2 aliphatic rings. The van der Waals surface area contributed by atoms with Crippen LogP contribution in [-0.4, -0.2) is 45.9 Å². The van der Waals surface area contributed by atoms with Gasteiger partial charge in [0.2, 0.25) is 5.60 Å². The number of hydrogen-bond acceptors (Lipinski definition) is 5. The van der Waals surface area contributed by atoms with E-state index in [0.29, 0.717) is 0 Å². The van der Waals surface area contributed by atoms with E-state index < -0.39 is 42.1 Å². The standard InChI is InChI=1S/C15H10O7/c16-10(17)5-15(14(20)21)11-9(6-22-15)12(18)7-3-1-2-4-8(7)13(11)19/h1-4H,5-6H2,(H,16,17)(H,20,21). The van der Waals surface area contributed by atoms with Crippen molar-refractivity contribution in [1.82, 2.24) is 0 Å². The van der Waals surface area contributed by atoms with Crippen molar-refractivity contribution in [3.8, 4) is 0 Å². The van der Waals surface area contributed by atoms with Gasteiger partial charge in [-0.3, -0.25) is 14.4 Å². The molecule has 1 atom stereocenters. The summed E-state index contributed by atoms with van der Waals surface area (Å²) in [5, 5.41) is 18.4. The average molecular weight is 302 g/mol. The number of fused-ring (bicyclic) bond motifs is 1. The first-order valence-corrected chi connectivity index (χ1v) is 6.39. The summed E-state index contributed by atoms with van der Waals surface area (Å²) in [6.07, 6.45) is -0.928. The molecule has 0 spiro atoms. The Kier molecular flexibility index (Phi) is 2.96. The van der Waals surface area contributed by atoms with Gasteiger partial charge >= 0.3 is 11.9 Å². The summed E-state index contributed by atoms with van der Waals surface area (Å²) in [5.41, 5.74) is -2.53. The van der Waals surface area contributed by atoms with Gasteiger partial charge in [-0.1, -0.05) is 24.3 Å². The van der Waals surface area contributed by atoms with Gasteiger partial charge in [0.25, 0.3) is 0 Å². The molecule has 0 amide bonds. The fourth-order valence-corrected chi connectivity index (χ4v) is 2.86. The normalized spacial score (nSPS) is 23.3. The molecule has 0 fully saturated rings. The maximum Gasteiger partial charge on any atom is 0.341 e. The van der Waals surface area contributed by atoms with E-state index in [0.717, 1.165) is 0 Å². The molecule has 1 aliphatic carbocycles. The van der Waals surface area contributed by atoms with Crippen molar-refractivity contribution in [2.45, 2.75) is 12.0 Å². The lowest BCUT2D eigenvalue weighted by atomic mass is 9.77. The van der Waals surface area contributed by atoms with Gasteiger partial charge in [0.05, 0.1) is 18.6 Å². The second-order valence-electron chi connectivity index (χ2n) is 5.05. The highest BCUT2D eigenvalue weighted by Crippen LogP contribution is 2.42. The average Bonchev–Trinajstić information content (AvgIpc) is 2.85. The van der Waals surface area contributed by atoms with E-state index in [2.05, 4.69) is 0 Å². The van der Waals surface area contributed by atoms with Gasteiger partial charge in [-0.05, 0) is 0 Å². The van der Waals surface area contributed by atoms with E-state index in [9.17, 15) is 24.3 Å². The number of rotatable bonds is 3. The number of carbonyl (C=O) groups is 4. The van der Waals surface area contributed by atoms with Crippen molar-refractivity contribution in [2.75, 3.05) is 6.61 Å². The maximum atomic E-state index is 12.6. The van der Waals surface area contributed by atoms with E-state index in [1.807, 2.05) is 0 Å². The highest BCUT2D eigenvalue weighted by molar-refractivity contribution is 6.29. The van der Waals surface area contributed by atoms with Gasteiger partial charge < -0.3 is 14.9 Å². The number of carboxylic acids is 2. The van der Waals surface area contributed by atoms with Crippen LogP contribution in [0.3, 0.4) is 0 Å². The van der Waals surface area contributed by atoms with Crippen LogP contribution < -0.4 is 0 Å². The van der Waals surface area contributed by atoms with E-state index in [1.165, 1.54) is 12.1 Å². The first kappa shape index (κ1) is 14.2. The molecule has 0 radical (unpaired) electrons. The third kappa shape index (κ3) is 1.72. The molecule has 0 saturated heterocycles. The Morgan fingerprint density at radius 3 is 2.23 bits per heavy atom. The van der Waals surface area contributed by atoms with Gasteiger partial charge in [-0.15, -0.1) is 0 Å². The smallest absolute Gasteiger partial charge is 0.341 e. The van der Waals surface area contributed by atoms with E-state index in [1.54, 1.807) is 12.1 Å². The van der Waals surface area contributed by atoms with Crippen LogP contribution in [0.5, 0.6) is 0 Å². The quantitative estimate of drug-likeness (QED) is 0.843. The van der Waals surface area contributed by atoms with Gasteiger partial charge in [0.1, 0.15) is 0 Å². The van der Waals surface area contributed by atoms with Crippen molar-refractivity contribution in [2.24, 2.45) is 0 Å². The number of ether oxygens (including phenoxy) is 1. The van der Waals surface area contributed by atoms with Gasteiger partial charge in [-0.25, -0.2) is 4.79 Å². The highest BCUT2D eigenvalue weighted by atomic mass is 16.5. The monoisotopic (exact) mass is 302 g/mol. The molecule has 2 N–H and O–H groups in total. The summed E-state index contributed by atoms with van der Waals surface area (Å²) >= 11 is 0. The molecule has 112 valence electrons. The molecule has 1 aliphatic heterocycles. The van der Waals surface area contributed by atoms with Crippen LogP contribution >= 0.6 is 0 Å². The largest absolute Gasteiger partial charge is 0.481 e. The lowest BCUT2D eigenvalue weighted by Gasteiger charge is -2.26. The minimum atomic E-state index is -2.32. The van der Waals surface area contributed by atoms with E-state index in [-0.39, 0.29) is 22.3 Å². The molecule has 1 aromatic carbocycles. The Hall–Kier alpha value is -2.80. The summed E-state index contributed by atoms with van der Waals surface area (Å²) in [4.78, 5) is 47.6. The minimum absolute atomic E-state index is 0.0627. The third-order valence-corrected chi connectivity index (χ3v) is 3.83. The fourth-order valence-electron chi connectivity index (χ4n) is 2.86. The summed E-state index contributed by atoms with van der Waals surface area (Å²) in [6, 6.07) is 6.01. The summed E-state index contributed by atoms with van der Waals surface area (Å²) < 4.78 is 5.14. The van der Waals surface area contributed by atoms with Crippen LogP contribution in [0, 0.1) is 0 Å². The first-order chi connectivity index (χ1) is 10.4. The number of Topliss-reactive ketones (excluding diaryl/α,β-unsaturated/α-hetero) is 2. The number of hydrogen-bond donors (Lipinski definition) is 2. The first-order valence-electron chi connectivity index (χ1n) is 6.39. The van der Waals surface area contributed by atoms with Crippen molar-refractivity contribution < 1.29 is 34.1 Å². The SMILES string of the molecule is O=C(O)CC1(C(=O)O)OCC2=C1C(=O)c1ccccc1C2=O. The molecule has 3 rings (SSSR count). The van der Waals surface area contributed by atoms with Crippen LogP contribution in [0.2, 0.25) is 0 Å². The predicted molar refractivity (Wildman–Crippen MR) is 70.7 cm³/mol. The number of carboxylic acid groups (broad SMARTS) is 2. The summed E-state index contributed by atoms with van der Waals surface area (Å²) in [7, 11) is 0. The van der Waals surface area contributed by atoms with Gasteiger partial charge in [-0.2, -0.15) is 0 Å². The molecule has 0 aromatic heterocycles. The molecule has 0 saturated carbocycles. The second-order valence-corrected chi connectivity index (χ2v) is 5.05. The van der Waals surface area contributed by atoms with Crippen molar-refractivity contribution >= 4 is 23.5 Å². The maximum absolute atomic E-state index is 12.6. The molecule has 7 nitrogen and oxygen atoms in total. The van der Waals surface area contributed by atoms with Crippen molar-refractivity contribution in [3.05, 3.63) is 46.5 Å². The number of benzene rings is 1. The zero-order valence-corrected chi connectivity index (χ0v) is 11.2. The molecular weight excluding hydrogens is 292 g/mol. The molecule has 0 bridgehead atoms. The molecule has 22 heavy (non-hydrogen) atoms. The molecule has 1 aromatic rings. The number of carbonyl (C=O) groups excluding carboxylic acids is 2. The summed E-state index contributed by atoms with van der Waals surface area (Å²) in [6.45, 7) is -0.395. The predicted octanol–water partition coefficient (Wildman–Crippen LogP) is 0.691. The Balaban J connectivity index is 2.23. The molecule has 1 unspecified atom stereocenters. The van der Waals surface area contributed by atoms with Crippen LogP contribution in [0.4, 0.5) is 0 Å². The minimum Gasteiger partial charge on any atom is -0.481 e. The third-order valence-electron chi connectivity index (χ3n) is 3.83. The molecule has 7 heteroatoms. The lowest BCUT2D eigenvalue weighted by molar-refractivity contribution is -0.163. The Labute approximate surface area is 123 Å². The second kappa shape index (κ2) is 4.60. The number of aliphatic carboxylic acids is 2. The topological polar surface area (TPSA) is 118 Å². The highest BCUT2D eigenvalue weighted by Gasteiger charge is 2.56. The Morgan fingerprint density at radius 1 is 1.09 bits per heavy atom. The zero-order valence-electron chi connectivity index (χ0n) is 11.2. The van der Waals surface area contributed by atoms with Crippen molar-refractivity contribution in [3.63, 3.8) is 0 Å². The lowest BCUT2D eigenvalue weighted by Crippen LogP contribution is -2.45. The van der Waals surface area contributed by atoms with Crippen LogP contribution in [0.1, 0.15) is 27.1 Å². The van der Waals surface area contributed by atoms with Crippen LogP contribution in [0.15, 0.2) is 35.4 Å². The Bertz CT molecular complexity index is 774. The molecule has 1 heterocycles. The van der Waals surface area contributed by atoms with Gasteiger partial charge in [0.15, 0.2) is 11.6 Å². The Morgan fingerprint density at radius 2 is 1.68 bits per heavy atom. The van der Waals surface area contributed by atoms with Crippen LogP contribution in [0.25, 0.3) is 0 Å². The van der Waals surface area contributed by atoms with Crippen LogP contribution in [-0.2, 0) is 14.3 Å². The van der Waals surface area contributed by atoms with E-state index in [4.69, 9.17) is 9.84 Å². The summed E-state index contributed by atoms with van der Waals surface area (Å²) in [5.74, 6) is -4.21.